The van der Waals surface area contributed by atoms with E-state index in [4.69, 9.17) is 29.9 Å². The molecule has 4 heterocycles. The first kappa shape index (κ1) is 44.4. The van der Waals surface area contributed by atoms with E-state index in [1.807, 2.05) is 48.8 Å². The second kappa shape index (κ2) is 19.0. The van der Waals surface area contributed by atoms with Gasteiger partial charge in [0.1, 0.15) is 0 Å². The molecule has 354 valence electrons. The van der Waals surface area contributed by atoms with E-state index in [1.165, 1.54) is 10.8 Å². The van der Waals surface area contributed by atoms with Crippen LogP contribution in [0.5, 0.6) is 0 Å². The summed E-state index contributed by atoms with van der Waals surface area (Å²) in [6.45, 7) is 0. The molecule has 0 aliphatic carbocycles. The van der Waals surface area contributed by atoms with Crippen molar-refractivity contribution in [2.75, 3.05) is 0 Å². The molecule has 0 fully saturated rings. The maximum absolute atomic E-state index is 5.21. The zero-order valence-corrected chi connectivity index (χ0v) is 41.1. The number of hydrogen-bond acceptors (Lipinski definition) is 6. The minimum atomic E-state index is 0.674. The maximum atomic E-state index is 5.21. The van der Waals surface area contributed by atoms with Crippen LogP contribution in [0.25, 0.3) is 145 Å². The van der Waals surface area contributed by atoms with E-state index in [9.17, 15) is 0 Å². The zero-order chi connectivity index (χ0) is 50.4. The Balaban J connectivity index is 0.781. The fourth-order valence-electron chi connectivity index (χ4n) is 10.2. The van der Waals surface area contributed by atoms with Crippen LogP contribution >= 0.6 is 0 Å². The minimum absolute atomic E-state index is 0.674. The minimum Gasteiger partial charge on any atom is -0.256 e. The second-order valence-corrected chi connectivity index (χ2v) is 19.2. The van der Waals surface area contributed by atoms with Gasteiger partial charge in [-0.05, 0) is 92.3 Å². The van der Waals surface area contributed by atoms with E-state index in [0.717, 1.165) is 122 Å². The Hall–Kier alpha value is -10.3. The highest BCUT2D eigenvalue weighted by molar-refractivity contribution is 5.90. The Morgan fingerprint density at radius 2 is 0.447 bits per heavy atom. The van der Waals surface area contributed by atoms with E-state index in [0.29, 0.717) is 11.6 Å². The smallest absolute Gasteiger partial charge is 0.160 e. The molecule has 0 aliphatic heterocycles. The summed E-state index contributed by atoms with van der Waals surface area (Å²) in [5.74, 6) is 1.35. The number of fused-ring (bicyclic) bond motifs is 4. The SMILES string of the molecule is c1ccc2cc(-c3nc(-c4ccc(-c5ccc(-c6cc(-c7ccc(-c8cnc9ccccc9c8)cc7)nc(-c7ccc8ccccc8c7)n6)cc5)cc4)cc(-c4ccc(-c5cnc6ccccc6c5)cc4)n3)ccc2c1. The predicted molar refractivity (Wildman–Crippen MR) is 312 cm³/mol. The zero-order valence-electron chi connectivity index (χ0n) is 41.1. The number of para-hydroxylation sites is 2. The van der Waals surface area contributed by atoms with Crippen molar-refractivity contribution in [1.29, 1.82) is 0 Å². The highest BCUT2D eigenvalue weighted by Gasteiger charge is 2.15. The van der Waals surface area contributed by atoms with Crippen LogP contribution in [0.1, 0.15) is 0 Å². The van der Waals surface area contributed by atoms with Crippen molar-refractivity contribution in [3.63, 3.8) is 0 Å². The van der Waals surface area contributed by atoms with Crippen molar-refractivity contribution in [2.24, 2.45) is 0 Å². The van der Waals surface area contributed by atoms with Crippen LogP contribution in [0.3, 0.4) is 0 Å². The summed E-state index contributed by atoms with van der Waals surface area (Å²) in [6.07, 6.45) is 3.89. The fourth-order valence-corrected chi connectivity index (χ4v) is 10.2. The van der Waals surface area contributed by atoms with E-state index >= 15 is 0 Å². The molecule has 0 saturated heterocycles. The van der Waals surface area contributed by atoms with E-state index in [2.05, 4.69) is 218 Å². The van der Waals surface area contributed by atoms with E-state index < -0.39 is 0 Å². The van der Waals surface area contributed by atoms with Crippen molar-refractivity contribution in [3.05, 3.63) is 267 Å². The van der Waals surface area contributed by atoms with Crippen LogP contribution in [-0.2, 0) is 0 Å². The van der Waals surface area contributed by atoms with Gasteiger partial charge in [0.15, 0.2) is 11.6 Å². The third-order valence-corrected chi connectivity index (χ3v) is 14.4. The summed E-state index contributed by atoms with van der Waals surface area (Å²) in [5, 5.41) is 6.87. The molecule has 0 N–H and O–H groups in total. The molecule has 0 radical (unpaired) electrons. The largest absolute Gasteiger partial charge is 0.256 e. The molecule has 0 aliphatic rings. The van der Waals surface area contributed by atoms with Gasteiger partial charge in [0.05, 0.1) is 33.8 Å². The lowest BCUT2D eigenvalue weighted by molar-refractivity contribution is 1.18. The highest BCUT2D eigenvalue weighted by Crippen LogP contribution is 2.35. The quantitative estimate of drug-likeness (QED) is 0.143. The van der Waals surface area contributed by atoms with Crippen LogP contribution < -0.4 is 0 Å². The maximum Gasteiger partial charge on any atom is 0.160 e. The topological polar surface area (TPSA) is 77.3 Å². The van der Waals surface area contributed by atoms with Gasteiger partial charge in [0.25, 0.3) is 0 Å². The molecule has 0 spiro atoms. The standard InChI is InChI=1S/C70H44N6/c1-3-11-55-37-59(35-25-45(55)9-1)69-73-65(41-67(75-69)53-31-21-49(22-32-53)61-39-57-13-5-7-15-63(57)71-43-61)51-27-17-47(18-28-51)48-19-29-52(30-20-48)66-42-68(76-70(74-66)60-36-26-46-10-2-4-12-56(46)38-60)54-33-23-50(24-34-54)62-40-58-14-6-8-16-64(58)72-44-62/h1-44H. The summed E-state index contributed by atoms with van der Waals surface area (Å²) in [4.78, 5) is 30.2. The van der Waals surface area contributed by atoms with Crippen molar-refractivity contribution in [3.8, 4) is 101 Å². The lowest BCUT2D eigenvalue weighted by Gasteiger charge is -2.12. The average molecular weight is 969 g/mol. The van der Waals surface area contributed by atoms with Crippen molar-refractivity contribution in [2.45, 2.75) is 0 Å². The number of rotatable bonds is 9. The van der Waals surface area contributed by atoms with E-state index in [-0.39, 0.29) is 0 Å². The van der Waals surface area contributed by atoms with Gasteiger partial charge < -0.3 is 0 Å². The number of nitrogens with zero attached hydrogens (tertiary/aromatic N) is 6. The molecule has 0 atom stereocenters. The summed E-state index contributed by atoms with van der Waals surface area (Å²) >= 11 is 0. The molecule has 14 aromatic rings. The lowest BCUT2D eigenvalue weighted by Crippen LogP contribution is -1.96. The van der Waals surface area contributed by atoms with Crippen LogP contribution in [0.15, 0.2) is 267 Å². The first-order valence-electron chi connectivity index (χ1n) is 25.5. The first-order valence-corrected chi connectivity index (χ1v) is 25.5. The van der Waals surface area contributed by atoms with Gasteiger partial charge in [-0.25, -0.2) is 19.9 Å². The van der Waals surface area contributed by atoms with Crippen molar-refractivity contribution in [1.82, 2.24) is 29.9 Å². The summed E-state index contributed by atoms with van der Waals surface area (Å²) in [5.41, 5.74) is 17.8. The molecule has 0 saturated carbocycles. The summed E-state index contributed by atoms with van der Waals surface area (Å²) in [6, 6.07) is 89.1. The Kier molecular flexibility index (Phi) is 11.1. The molecule has 0 bridgehead atoms. The Morgan fingerprint density at radius 3 is 0.803 bits per heavy atom. The van der Waals surface area contributed by atoms with Crippen molar-refractivity contribution >= 4 is 43.4 Å². The molecule has 10 aromatic carbocycles. The Bertz CT molecular complexity index is 4200. The van der Waals surface area contributed by atoms with Gasteiger partial charge >= 0.3 is 0 Å². The molecule has 6 nitrogen and oxygen atoms in total. The fraction of sp³-hybridized carbons (Fsp3) is 0. The number of benzene rings is 10. The van der Waals surface area contributed by atoms with Gasteiger partial charge in [0, 0.05) is 67.7 Å². The molecule has 14 rings (SSSR count). The Morgan fingerprint density at radius 1 is 0.184 bits per heavy atom. The van der Waals surface area contributed by atoms with Crippen LogP contribution in [0.4, 0.5) is 0 Å². The predicted octanol–water partition coefficient (Wildman–Crippen LogP) is 17.7. The monoisotopic (exact) mass is 968 g/mol. The first-order chi connectivity index (χ1) is 37.6. The molecule has 0 amide bonds. The van der Waals surface area contributed by atoms with Crippen molar-refractivity contribution < 1.29 is 0 Å². The average Bonchev–Trinajstić information content (AvgIpc) is 3.52. The second-order valence-electron chi connectivity index (χ2n) is 19.2. The van der Waals surface area contributed by atoms with Gasteiger partial charge in [-0.2, -0.15) is 0 Å². The normalized spacial score (nSPS) is 11.4. The van der Waals surface area contributed by atoms with Gasteiger partial charge in [-0.15, -0.1) is 0 Å². The molecule has 6 heteroatoms. The van der Waals surface area contributed by atoms with Crippen LogP contribution in [-0.4, -0.2) is 29.9 Å². The highest BCUT2D eigenvalue weighted by atomic mass is 14.9. The van der Waals surface area contributed by atoms with Gasteiger partial charge in [0.2, 0.25) is 0 Å². The third-order valence-electron chi connectivity index (χ3n) is 14.4. The summed E-state index contributed by atoms with van der Waals surface area (Å²) in [7, 11) is 0. The van der Waals surface area contributed by atoms with E-state index in [1.54, 1.807) is 0 Å². The Labute approximate surface area is 439 Å². The molecule has 4 aromatic heterocycles. The lowest BCUT2D eigenvalue weighted by atomic mass is 9.99. The molecule has 0 unspecified atom stereocenters. The molecular weight excluding hydrogens is 925 g/mol. The molecular formula is C70H44N6. The molecule has 76 heavy (non-hydrogen) atoms. The number of hydrogen-bond donors (Lipinski definition) is 0. The van der Waals surface area contributed by atoms with Gasteiger partial charge in [-0.3, -0.25) is 9.97 Å². The van der Waals surface area contributed by atoms with Crippen LogP contribution in [0.2, 0.25) is 0 Å². The summed E-state index contributed by atoms with van der Waals surface area (Å²) < 4.78 is 0. The van der Waals surface area contributed by atoms with Crippen LogP contribution in [0, 0.1) is 0 Å². The van der Waals surface area contributed by atoms with Gasteiger partial charge in [-0.1, -0.05) is 206 Å². The number of pyridine rings is 2. The number of aromatic nitrogens is 6. The third kappa shape index (κ3) is 8.70.